The number of carbonyl (C=O) groups is 1. The zero-order valence-corrected chi connectivity index (χ0v) is 14.2. The van der Waals surface area contributed by atoms with Crippen molar-refractivity contribution in [1.29, 1.82) is 0 Å². The van der Waals surface area contributed by atoms with Crippen LogP contribution in [0.2, 0.25) is 10.0 Å². The number of benzene rings is 2. The molecule has 5 nitrogen and oxygen atoms in total. The van der Waals surface area contributed by atoms with Crippen LogP contribution in [0.25, 0.3) is 0 Å². The van der Waals surface area contributed by atoms with E-state index >= 15 is 0 Å². The van der Waals surface area contributed by atoms with E-state index < -0.39 is 18.3 Å². The molecule has 0 fully saturated rings. The molecule has 0 radical (unpaired) electrons. The molecule has 0 saturated heterocycles. The maximum Gasteiger partial charge on any atom is 0.407 e. The minimum absolute atomic E-state index is 0.117. The fourth-order valence-electron chi connectivity index (χ4n) is 2.03. The van der Waals surface area contributed by atoms with E-state index in [0.717, 1.165) is 5.56 Å². The van der Waals surface area contributed by atoms with E-state index in [4.69, 9.17) is 27.9 Å². The average Bonchev–Trinajstić information content (AvgIpc) is 2.60. The third-order valence-corrected chi connectivity index (χ3v) is 4.17. The lowest BCUT2D eigenvalue weighted by molar-refractivity contribution is 0.0184. The number of halogens is 2. The van der Waals surface area contributed by atoms with Gasteiger partial charge in [0.2, 0.25) is 0 Å². The molecule has 2 aromatic rings. The molecule has 0 aromatic heterocycles. The van der Waals surface area contributed by atoms with Gasteiger partial charge in [0, 0.05) is 12.1 Å². The summed E-state index contributed by atoms with van der Waals surface area (Å²) < 4.78 is 5.02. The highest BCUT2D eigenvalue weighted by molar-refractivity contribution is 6.42. The zero-order chi connectivity index (χ0) is 17.5. The van der Waals surface area contributed by atoms with Crippen molar-refractivity contribution >= 4 is 29.3 Å². The van der Waals surface area contributed by atoms with Gasteiger partial charge in [-0.05, 0) is 11.6 Å². The summed E-state index contributed by atoms with van der Waals surface area (Å²) in [6.45, 7) is -0.0803. The quantitative estimate of drug-likeness (QED) is 0.729. The van der Waals surface area contributed by atoms with Gasteiger partial charge < -0.3 is 20.3 Å². The van der Waals surface area contributed by atoms with Gasteiger partial charge in [0.05, 0.1) is 10.0 Å². The Kier molecular flexibility index (Phi) is 6.87. The zero-order valence-electron chi connectivity index (χ0n) is 12.7. The van der Waals surface area contributed by atoms with E-state index in [9.17, 15) is 15.0 Å². The largest absolute Gasteiger partial charge is 0.445 e. The molecule has 0 heterocycles. The number of aliphatic hydroxyl groups excluding tert-OH is 2. The number of hydrogen-bond donors (Lipinski definition) is 3. The van der Waals surface area contributed by atoms with Crippen molar-refractivity contribution in [3.63, 3.8) is 0 Å². The molecule has 2 atom stereocenters. The minimum Gasteiger partial charge on any atom is -0.445 e. The van der Waals surface area contributed by atoms with Crippen molar-refractivity contribution in [1.82, 2.24) is 5.32 Å². The van der Waals surface area contributed by atoms with Crippen molar-refractivity contribution in [3.05, 3.63) is 69.7 Å². The molecular formula is C17H17Cl2NO4. The van der Waals surface area contributed by atoms with Crippen LogP contribution in [0.4, 0.5) is 4.79 Å². The van der Waals surface area contributed by atoms with E-state index in [-0.39, 0.29) is 28.8 Å². The van der Waals surface area contributed by atoms with Gasteiger partial charge in [-0.25, -0.2) is 4.79 Å². The van der Waals surface area contributed by atoms with Crippen LogP contribution in [0.3, 0.4) is 0 Å². The van der Waals surface area contributed by atoms with Crippen LogP contribution in [0, 0.1) is 0 Å². The molecule has 0 aliphatic rings. The monoisotopic (exact) mass is 369 g/mol. The smallest absolute Gasteiger partial charge is 0.407 e. The topological polar surface area (TPSA) is 78.8 Å². The second-order valence-corrected chi connectivity index (χ2v) is 5.88. The predicted octanol–water partition coefficient (Wildman–Crippen LogP) is 3.31. The third kappa shape index (κ3) is 5.11. The molecule has 128 valence electrons. The molecule has 0 aliphatic carbocycles. The number of amides is 1. The van der Waals surface area contributed by atoms with E-state index in [1.165, 1.54) is 0 Å². The van der Waals surface area contributed by atoms with Gasteiger partial charge in [0.15, 0.2) is 0 Å². The fraction of sp³-hybridized carbons (Fsp3) is 0.235. The highest BCUT2D eigenvalue weighted by Crippen LogP contribution is 2.31. The molecule has 0 aliphatic heterocycles. The summed E-state index contributed by atoms with van der Waals surface area (Å²) in [5, 5.41) is 23.0. The molecule has 7 heteroatoms. The van der Waals surface area contributed by atoms with Gasteiger partial charge in [0.25, 0.3) is 0 Å². The Labute approximate surface area is 149 Å². The molecular weight excluding hydrogens is 353 g/mol. The second kappa shape index (κ2) is 8.89. The van der Waals surface area contributed by atoms with Crippen molar-refractivity contribution < 1.29 is 19.7 Å². The summed E-state index contributed by atoms with van der Waals surface area (Å²) >= 11 is 11.9. The van der Waals surface area contributed by atoms with Crippen molar-refractivity contribution in [3.8, 4) is 0 Å². The molecule has 3 N–H and O–H groups in total. The summed E-state index contributed by atoms with van der Waals surface area (Å²) in [4.78, 5) is 11.6. The number of rotatable bonds is 6. The van der Waals surface area contributed by atoms with E-state index in [2.05, 4.69) is 5.32 Å². The number of carbonyl (C=O) groups excluding carboxylic acids is 1. The van der Waals surface area contributed by atoms with Crippen molar-refractivity contribution in [2.24, 2.45) is 0 Å². The molecule has 0 saturated carbocycles. The Balaban J connectivity index is 1.82. The van der Waals surface area contributed by atoms with E-state index in [1.807, 2.05) is 30.3 Å². The Bertz CT molecular complexity index is 682. The van der Waals surface area contributed by atoms with Crippen LogP contribution in [0.15, 0.2) is 48.5 Å². The van der Waals surface area contributed by atoms with Gasteiger partial charge >= 0.3 is 6.09 Å². The summed E-state index contributed by atoms with van der Waals surface area (Å²) in [7, 11) is 0. The first kappa shape index (κ1) is 18.5. The molecule has 24 heavy (non-hydrogen) atoms. The van der Waals surface area contributed by atoms with Gasteiger partial charge in [-0.15, -0.1) is 0 Å². The highest BCUT2D eigenvalue weighted by Gasteiger charge is 2.22. The molecule has 0 spiro atoms. The molecule has 2 rings (SSSR count). The number of nitrogens with one attached hydrogen (secondary N) is 1. The number of alkyl carbamates (subject to hydrolysis) is 1. The van der Waals surface area contributed by atoms with Crippen LogP contribution in [-0.4, -0.2) is 29.0 Å². The van der Waals surface area contributed by atoms with Gasteiger partial charge in [-0.2, -0.15) is 0 Å². The van der Waals surface area contributed by atoms with E-state index in [0.29, 0.717) is 0 Å². The Morgan fingerprint density at radius 3 is 2.50 bits per heavy atom. The van der Waals surface area contributed by atoms with Crippen molar-refractivity contribution in [2.75, 3.05) is 6.54 Å². The van der Waals surface area contributed by atoms with Gasteiger partial charge in [0.1, 0.15) is 18.8 Å². The maximum atomic E-state index is 11.6. The lowest BCUT2D eigenvalue weighted by Gasteiger charge is -2.20. The lowest BCUT2D eigenvalue weighted by Crippen LogP contribution is -2.35. The van der Waals surface area contributed by atoms with Crippen LogP contribution in [0.5, 0.6) is 0 Å². The summed E-state index contributed by atoms with van der Waals surface area (Å²) in [5.41, 5.74) is 1.13. The summed E-state index contributed by atoms with van der Waals surface area (Å²) in [6.07, 6.45) is -3.24. The Hall–Kier alpha value is -1.79. The number of ether oxygens (including phenoxy) is 1. The molecule has 0 bridgehead atoms. The first-order valence-corrected chi connectivity index (χ1v) is 7.99. The number of hydrogen-bond acceptors (Lipinski definition) is 4. The molecule has 1 amide bonds. The molecule has 2 unspecified atom stereocenters. The third-order valence-electron chi connectivity index (χ3n) is 3.33. The van der Waals surface area contributed by atoms with Crippen LogP contribution in [-0.2, 0) is 11.3 Å². The second-order valence-electron chi connectivity index (χ2n) is 5.10. The molecule has 2 aromatic carbocycles. The fourth-order valence-corrected chi connectivity index (χ4v) is 2.45. The van der Waals surface area contributed by atoms with Crippen molar-refractivity contribution in [2.45, 2.75) is 18.8 Å². The summed E-state index contributed by atoms with van der Waals surface area (Å²) in [5.74, 6) is 0. The van der Waals surface area contributed by atoms with Gasteiger partial charge in [-0.1, -0.05) is 65.7 Å². The van der Waals surface area contributed by atoms with Crippen LogP contribution in [0.1, 0.15) is 17.2 Å². The Morgan fingerprint density at radius 2 is 1.79 bits per heavy atom. The normalized spacial score (nSPS) is 13.2. The SMILES string of the molecule is O=C(NCC(O)C(O)c1cccc(Cl)c1Cl)OCc1ccccc1. The van der Waals surface area contributed by atoms with Crippen LogP contribution < -0.4 is 5.32 Å². The minimum atomic E-state index is -1.29. The standard InChI is InChI=1S/C17H17Cl2NO4/c18-13-8-4-7-12(15(13)19)16(22)14(21)9-20-17(23)24-10-11-5-2-1-3-6-11/h1-8,14,16,21-22H,9-10H2,(H,20,23). The van der Waals surface area contributed by atoms with Crippen LogP contribution >= 0.6 is 23.2 Å². The van der Waals surface area contributed by atoms with Gasteiger partial charge in [-0.3, -0.25) is 0 Å². The van der Waals surface area contributed by atoms with E-state index in [1.54, 1.807) is 18.2 Å². The predicted molar refractivity (Wildman–Crippen MR) is 92.1 cm³/mol. The maximum absolute atomic E-state index is 11.6. The highest BCUT2D eigenvalue weighted by atomic mass is 35.5. The average molecular weight is 370 g/mol. The first-order valence-electron chi connectivity index (χ1n) is 7.23. The lowest BCUT2D eigenvalue weighted by atomic mass is 10.0. The Morgan fingerprint density at radius 1 is 1.08 bits per heavy atom. The number of aliphatic hydroxyl groups is 2. The first-order chi connectivity index (χ1) is 11.5. The summed E-state index contributed by atoms with van der Waals surface area (Å²) in [6, 6.07) is 13.9.